The fourth-order valence-corrected chi connectivity index (χ4v) is 5.18. The normalized spacial score (nSPS) is 14.1. The first-order valence-corrected chi connectivity index (χ1v) is 12.7. The molecule has 1 fully saturated rings. The summed E-state index contributed by atoms with van der Waals surface area (Å²) in [5.41, 5.74) is 3.09. The van der Waals surface area contributed by atoms with E-state index in [4.69, 9.17) is 16.3 Å². The van der Waals surface area contributed by atoms with Crippen molar-refractivity contribution in [3.63, 3.8) is 0 Å². The van der Waals surface area contributed by atoms with Crippen molar-refractivity contribution in [1.82, 2.24) is 24.8 Å². The van der Waals surface area contributed by atoms with Crippen molar-refractivity contribution in [2.24, 2.45) is 0 Å². The van der Waals surface area contributed by atoms with Crippen LogP contribution in [0.3, 0.4) is 0 Å². The van der Waals surface area contributed by atoms with Gasteiger partial charge < -0.3 is 14.7 Å². The van der Waals surface area contributed by atoms with E-state index in [9.17, 15) is 14.7 Å². The topological polar surface area (TPSA) is 130 Å². The maximum absolute atomic E-state index is 13.3. The molecule has 0 radical (unpaired) electrons. The summed E-state index contributed by atoms with van der Waals surface area (Å²) in [6, 6.07) is 5.14. The van der Waals surface area contributed by atoms with E-state index in [1.807, 2.05) is 6.92 Å². The lowest BCUT2D eigenvalue weighted by Crippen LogP contribution is -2.40. The van der Waals surface area contributed by atoms with Gasteiger partial charge in [0.05, 0.1) is 35.2 Å². The van der Waals surface area contributed by atoms with E-state index in [1.165, 1.54) is 37.0 Å². The summed E-state index contributed by atoms with van der Waals surface area (Å²) in [5.74, 6) is -0.0889. The summed E-state index contributed by atoms with van der Waals surface area (Å²) in [4.78, 5) is 45.0. The van der Waals surface area contributed by atoms with Crippen molar-refractivity contribution in [3.05, 3.63) is 58.8 Å². The Labute approximate surface area is 221 Å². The molecule has 0 bridgehead atoms. The Hall–Kier alpha value is -3.67. The van der Waals surface area contributed by atoms with Gasteiger partial charge in [-0.15, -0.1) is 0 Å². The molecular weight excluding hydrogens is 516 g/mol. The molecule has 0 saturated carbocycles. The number of hydrogen-bond donors (Lipinski definition) is 2. The number of piperidine rings is 1. The molecule has 0 unspecified atom stereocenters. The molecule has 4 aromatic heterocycles. The van der Waals surface area contributed by atoms with Crippen molar-refractivity contribution >= 4 is 50.2 Å². The van der Waals surface area contributed by atoms with Crippen LogP contribution in [0.5, 0.6) is 5.75 Å². The van der Waals surface area contributed by atoms with Gasteiger partial charge in [-0.1, -0.05) is 22.9 Å². The van der Waals surface area contributed by atoms with Crippen LogP contribution in [-0.4, -0.2) is 68.1 Å². The first-order valence-electron chi connectivity index (χ1n) is 11.5. The predicted octanol–water partition coefficient (Wildman–Crippen LogP) is 3.97. The molecule has 0 atom stereocenters. The molecule has 0 aliphatic carbocycles. The van der Waals surface area contributed by atoms with Crippen LogP contribution in [0.15, 0.2) is 36.8 Å². The van der Waals surface area contributed by atoms with Gasteiger partial charge in [0.1, 0.15) is 10.9 Å². The first kappa shape index (κ1) is 25.0. The van der Waals surface area contributed by atoms with Gasteiger partial charge >= 0.3 is 0 Å². The van der Waals surface area contributed by atoms with Gasteiger partial charge in [0, 0.05) is 42.3 Å². The second-order valence-corrected chi connectivity index (χ2v) is 10.0. The number of thiazole rings is 1. The molecule has 37 heavy (non-hydrogen) atoms. The van der Waals surface area contributed by atoms with Crippen molar-refractivity contribution in [2.75, 3.05) is 25.5 Å². The van der Waals surface area contributed by atoms with Crippen LogP contribution in [0.4, 0.5) is 5.13 Å². The number of aliphatic hydroxyl groups is 1. The third-order valence-electron chi connectivity index (χ3n) is 6.10. The monoisotopic (exact) mass is 538 g/mol. The van der Waals surface area contributed by atoms with Gasteiger partial charge in [0.25, 0.3) is 11.8 Å². The minimum atomic E-state index is -0.417. The van der Waals surface area contributed by atoms with Crippen LogP contribution >= 0.6 is 22.9 Å². The Kier molecular flexibility index (Phi) is 7.00. The zero-order valence-electron chi connectivity index (χ0n) is 20.1. The third kappa shape index (κ3) is 5.24. The number of methoxy groups -OCH3 is 1. The van der Waals surface area contributed by atoms with Gasteiger partial charge in [-0.3, -0.25) is 19.9 Å². The molecule has 1 aliphatic rings. The van der Waals surface area contributed by atoms with E-state index < -0.39 is 5.91 Å². The molecular formula is C25H23ClN6O4S. The lowest BCUT2D eigenvalue weighted by atomic mass is 10.0. The summed E-state index contributed by atoms with van der Waals surface area (Å²) >= 11 is 7.35. The van der Waals surface area contributed by atoms with Gasteiger partial charge in [-0.25, -0.2) is 9.97 Å². The highest BCUT2D eigenvalue weighted by Crippen LogP contribution is 2.34. The number of likely N-dealkylation sites (tertiary alicyclic amines) is 1. The molecule has 2 amide bonds. The summed E-state index contributed by atoms with van der Waals surface area (Å²) < 4.78 is 6.10. The highest BCUT2D eigenvalue weighted by atomic mass is 35.5. The highest BCUT2D eigenvalue weighted by molar-refractivity contribution is 7.22. The first-order chi connectivity index (χ1) is 17.8. The summed E-state index contributed by atoms with van der Waals surface area (Å²) in [7, 11) is 1.52. The molecule has 0 spiro atoms. The summed E-state index contributed by atoms with van der Waals surface area (Å²) in [6.45, 7) is 2.83. The Morgan fingerprint density at radius 1 is 1.11 bits per heavy atom. The second-order valence-electron chi connectivity index (χ2n) is 8.62. The van der Waals surface area contributed by atoms with Crippen molar-refractivity contribution in [1.29, 1.82) is 0 Å². The number of ether oxygens (including phenoxy) is 1. The molecule has 1 saturated heterocycles. The van der Waals surface area contributed by atoms with E-state index in [0.717, 1.165) is 0 Å². The van der Waals surface area contributed by atoms with E-state index in [0.29, 0.717) is 75.1 Å². The number of aryl methyl sites for hydroxylation is 1. The number of amides is 2. The van der Waals surface area contributed by atoms with Crippen LogP contribution in [0, 0.1) is 6.92 Å². The quantitative estimate of drug-likeness (QED) is 0.365. The fourth-order valence-electron chi connectivity index (χ4n) is 4.16. The average Bonchev–Trinajstić information content (AvgIpc) is 3.30. The summed E-state index contributed by atoms with van der Waals surface area (Å²) in [5, 5.41) is 13.1. The molecule has 4 aromatic rings. The SMILES string of the molecule is COc1cnc(Cl)cc1-c1cc(C)ncc1C(=O)Nc1nc2ncc(C(=O)N3CCC(O)CC3)cc2s1. The maximum atomic E-state index is 13.3. The Morgan fingerprint density at radius 2 is 1.89 bits per heavy atom. The minimum Gasteiger partial charge on any atom is -0.494 e. The highest BCUT2D eigenvalue weighted by Gasteiger charge is 2.24. The summed E-state index contributed by atoms with van der Waals surface area (Å²) in [6.07, 6.45) is 5.24. The number of nitrogens with zero attached hydrogens (tertiary/aromatic N) is 5. The predicted molar refractivity (Wildman–Crippen MR) is 140 cm³/mol. The number of aromatic nitrogens is 4. The molecule has 12 heteroatoms. The maximum Gasteiger partial charge on any atom is 0.259 e. The van der Waals surface area contributed by atoms with Crippen LogP contribution in [0.25, 0.3) is 21.5 Å². The standard InChI is InChI=1S/C25H23ClN6O4S/c1-13-7-16(17-9-21(26)28-12-19(17)36-2)18(11-27-13)23(34)31-25-30-22-20(37-25)8-14(10-29-22)24(35)32-5-3-15(33)4-6-32/h7-12,15,33H,3-6H2,1-2H3,(H,29,30,31,34). The number of aliphatic hydroxyl groups excluding tert-OH is 1. The lowest BCUT2D eigenvalue weighted by molar-refractivity contribution is 0.0546. The van der Waals surface area contributed by atoms with E-state index in [-0.39, 0.29) is 17.2 Å². The number of halogens is 1. The molecule has 2 N–H and O–H groups in total. The van der Waals surface area contributed by atoms with Gasteiger partial charge in [-0.2, -0.15) is 4.98 Å². The van der Waals surface area contributed by atoms with E-state index in [2.05, 4.69) is 25.3 Å². The molecule has 0 aromatic carbocycles. The fraction of sp³-hybridized carbons (Fsp3) is 0.280. The number of pyridine rings is 3. The number of carbonyl (C=O) groups excluding carboxylic acids is 2. The smallest absolute Gasteiger partial charge is 0.259 e. The molecule has 1 aliphatic heterocycles. The molecule has 190 valence electrons. The number of anilines is 1. The lowest BCUT2D eigenvalue weighted by Gasteiger charge is -2.29. The van der Waals surface area contributed by atoms with Crippen molar-refractivity contribution < 1.29 is 19.4 Å². The average molecular weight is 539 g/mol. The van der Waals surface area contributed by atoms with Gasteiger partial charge in [-0.05, 0) is 38.0 Å². The minimum absolute atomic E-state index is 0.138. The van der Waals surface area contributed by atoms with E-state index >= 15 is 0 Å². The van der Waals surface area contributed by atoms with Crippen LogP contribution in [0.2, 0.25) is 5.15 Å². The van der Waals surface area contributed by atoms with Crippen LogP contribution < -0.4 is 10.1 Å². The van der Waals surface area contributed by atoms with Crippen molar-refractivity contribution in [3.8, 4) is 16.9 Å². The largest absolute Gasteiger partial charge is 0.494 e. The zero-order chi connectivity index (χ0) is 26.1. The zero-order valence-corrected chi connectivity index (χ0v) is 21.6. The number of fused-ring (bicyclic) bond motifs is 1. The number of nitrogens with one attached hydrogen (secondary N) is 1. The molecule has 5 heterocycles. The molecule has 5 rings (SSSR count). The number of rotatable bonds is 5. The Bertz CT molecular complexity index is 1500. The van der Waals surface area contributed by atoms with Gasteiger partial charge in [0.2, 0.25) is 0 Å². The van der Waals surface area contributed by atoms with Crippen LogP contribution in [0.1, 0.15) is 39.3 Å². The Balaban J connectivity index is 1.41. The molecule has 10 nitrogen and oxygen atoms in total. The van der Waals surface area contributed by atoms with Crippen LogP contribution in [-0.2, 0) is 0 Å². The van der Waals surface area contributed by atoms with Gasteiger partial charge in [0.15, 0.2) is 10.8 Å². The number of carbonyl (C=O) groups is 2. The third-order valence-corrected chi connectivity index (χ3v) is 7.21. The number of hydrogen-bond acceptors (Lipinski definition) is 9. The Morgan fingerprint density at radius 3 is 2.65 bits per heavy atom. The van der Waals surface area contributed by atoms with Crippen molar-refractivity contribution in [2.45, 2.75) is 25.9 Å². The second kappa shape index (κ2) is 10.4. The van der Waals surface area contributed by atoms with E-state index in [1.54, 1.807) is 23.1 Å².